The van der Waals surface area contributed by atoms with Gasteiger partial charge in [-0.3, -0.25) is 4.99 Å². The molecule has 1 N–H and O–H groups in total. The van der Waals surface area contributed by atoms with E-state index in [2.05, 4.69) is 32.6 Å². The molecule has 0 aliphatic heterocycles. The lowest BCUT2D eigenvalue weighted by molar-refractivity contribution is 0.372. The molecule has 0 bridgehead atoms. The van der Waals surface area contributed by atoms with Crippen LogP contribution < -0.4 is 14.3 Å². The van der Waals surface area contributed by atoms with Crippen molar-refractivity contribution in [3.63, 3.8) is 0 Å². The van der Waals surface area contributed by atoms with Crippen LogP contribution in [0, 0.1) is 0 Å². The molecule has 156 valence electrons. The van der Waals surface area contributed by atoms with Crippen LogP contribution in [0.5, 0.6) is 17.2 Å². The molecule has 0 radical (unpaired) electrons. The van der Waals surface area contributed by atoms with E-state index in [9.17, 15) is 5.11 Å². The number of phenols is 1. The lowest BCUT2D eigenvalue weighted by atomic mass is 10.2. The number of phenolic OH excluding ortho intramolecular Hbond substituents is 1. The van der Waals surface area contributed by atoms with Crippen LogP contribution in [-0.2, 0) is 0 Å². The van der Waals surface area contributed by atoms with Crippen molar-refractivity contribution in [2.24, 2.45) is 10.1 Å². The van der Waals surface area contributed by atoms with Crippen molar-refractivity contribution in [3.05, 3.63) is 68.8 Å². The topological polar surface area (TPSA) is 68.3 Å². The minimum absolute atomic E-state index is 0.0499. The highest BCUT2D eigenvalue weighted by Gasteiger charge is 2.10. The Morgan fingerprint density at radius 2 is 1.97 bits per heavy atom. The Bertz CT molecular complexity index is 1150. The third-order valence-electron chi connectivity index (χ3n) is 4.15. The number of halogens is 1. The van der Waals surface area contributed by atoms with Crippen molar-refractivity contribution in [2.75, 3.05) is 20.8 Å². The molecule has 0 aliphatic rings. The second-order valence-electron chi connectivity index (χ2n) is 6.52. The fraction of sp³-hybridized carbons (Fsp3) is 0.182. The second kappa shape index (κ2) is 9.77. The molecule has 3 rings (SSSR count). The molecular weight excluding hydrogens is 466 g/mol. The summed E-state index contributed by atoms with van der Waals surface area (Å²) < 4.78 is 12.8. The maximum atomic E-state index is 10.0. The van der Waals surface area contributed by atoms with E-state index in [4.69, 9.17) is 9.47 Å². The van der Waals surface area contributed by atoms with Crippen LogP contribution in [0.2, 0.25) is 0 Å². The second-order valence-corrected chi connectivity index (χ2v) is 8.21. The van der Waals surface area contributed by atoms with Gasteiger partial charge in [-0.1, -0.05) is 12.2 Å². The summed E-state index contributed by atoms with van der Waals surface area (Å²) in [4.78, 5) is 5.39. The number of hydrogen-bond donors (Lipinski definition) is 1. The smallest absolute Gasteiger partial charge is 0.206 e. The molecule has 30 heavy (non-hydrogen) atoms. The molecule has 1 heterocycles. The Kier molecular flexibility index (Phi) is 7.12. The fourth-order valence-electron chi connectivity index (χ4n) is 2.63. The van der Waals surface area contributed by atoms with Gasteiger partial charge in [0.25, 0.3) is 0 Å². The molecule has 2 aromatic carbocycles. The lowest BCUT2D eigenvalue weighted by Crippen LogP contribution is -2.13. The van der Waals surface area contributed by atoms with Crippen LogP contribution >= 0.6 is 27.3 Å². The van der Waals surface area contributed by atoms with Gasteiger partial charge in [-0.25, -0.2) is 4.68 Å². The third kappa shape index (κ3) is 5.01. The van der Waals surface area contributed by atoms with E-state index in [1.165, 1.54) is 18.4 Å². The van der Waals surface area contributed by atoms with Crippen molar-refractivity contribution in [3.8, 4) is 28.5 Å². The predicted octanol–water partition coefficient (Wildman–Crippen LogP) is 5.06. The first-order chi connectivity index (χ1) is 14.4. The first-order valence-corrected chi connectivity index (χ1v) is 10.7. The van der Waals surface area contributed by atoms with Crippen LogP contribution in [-0.4, -0.2) is 36.8 Å². The van der Waals surface area contributed by atoms with Gasteiger partial charge in [0.05, 0.1) is 37.1 Å². The summed E-state index contributed by atoms with van der Waals surface area (Å²) in [5.74, 6) is 1.20. The zero-order valence-electron chi connectivity index (χ0n) is 16.9. The van der Waals surface area contributed by atoms with Crippen LogP contribution in [0.25, 0.3) is 11.3 Å². The van der Waals surface area contributed by atoms with Gasteiger partial charge in [0.2, 0.25) is 4.80 Å². The van der Waals surface area contributed by atoms with Gasteiger partial charge in [0, 0.05) is 10.9 Å². The number of methoxy groups -OCH3 is 2. The van der Waals surface area contributed by atoms with E-state index in [1.54, 1.807) is 30.1 Å². The van der Waals surface area contributed by atoms with Gasteiger partial charge < -0.3 is 14.6 Å². The first kappa shape index (κ1) is 21.9. The highest BCUT2D eigenvalue weighted by atomic mass is 79.9. The van der Waals surface area contributed by atoms with Crippen molar-refractivity contribution >= 4 is 33.5 Å². The maximum absolute atomic E-state index is 10.0. The van der Waals surface area contributed by atoms with E-state index >= 15 is 0 Å². The van der Waals surface area contributed by atoms with E-state index in [-0.39, 0.29) is 5.75 Å². The number of aromatic hydroxyl groups is 1. The molecule has 0 spiro atoms. The molecule has 0 unspecified atom stereocenters. The van der Waals surface area contributed by atoms with Gasteiger partial charge in [0.1, 0.15) is 5.75 Å². The molecule has 0 fully saturated rings. The summed E-state index contributed by atoms with van der Waals surface area (Å²) in [6.07, 6.45) is 1.70. The van der Waals surface area contributed by atoms with Gasteiger partial charge >= 0.3 is 0 Å². The average molecular weight is 488 g/mol. The Morgan fingerprint density at radius 1 is 1.23 bits per heavy atom. The Morgan fingerprint density at radius 3 is 2.60 bits per heavy atom. The maximum Gasteiger partial charge on any atom is 0.206 e. The summed E-state index contributed by atoms with van der Waals surface area (Å²) in [5.41, 5.74) is 3.63. The van der Waals surface area contributed by atoms with E-state index in [0.29, 0.717) is 16.8 Å². The van der Waals surface area contributed by atoms with Crippen molar-refractivity contribution < 1.29 is 14.6 Å². The van der Waals surface area contributed by atoms with Crippen molar-refractivity contribution in [1.82, 2.24) is 4.68 Å². The van der Waals surface area contributed by atoms with Crippen molar-refractivity contribution in [2.45, 2.75) is 6.92 Å². The number of thiazole rings is 1. The molecule has 8 heteroatoms. The summed E-state index contributed by atoms with van der Waals surface area (Å²) in [5, 5.41) is 16.7. The molecule has 0 amide bonds. The Balaban J connectivity index is 2.08. The monoisotopic (exact) mass is 487 g/mol. The number of aromatic nitrogens is 1. The largest absolute Gasteiger partial charge is 0.503 e. The minimum Gasteiger partial charge on any atom is -0.503 e. The zero-order chi connectivity index (χ0) is 21.7. The lowest BCUT2D eigenvalue weighted by Gasteiger charge is -2.07. The molecule has 6 nitrogen and oxygen atoms in total. The van der Waals surface area contributed by atoms with Crippen LogP contribution in [0.1, 0.15) is 12.5 Å². The fourth-order valence-corrected chi connectivity index (χ4v) is 3.93. The summed E-state index contributed by atoms with van der Waals surface area (Å²) >= 11 is 4.85. The number of hydrogen-bond acceptors (Lipinski definition) is 6. The molecule has 0 atom stereocenters. The van der Waals surface area contributed by atoms with Crippen molar-refractivity contribution in [1.29, 1.82) is 0 Å². The Hall–Kier alpha value is -2.84. The zero-order valence-corrected chi connectivity index (χ0v) is 19.3. The average Bonchev–Trinajstić information content (AvgIpc) is 3.15. The third-order valence-corrected chi connectivity index (χ3v) is 5.61. The first-order valence-electron chi connectivity index (χ1n) is 9.03. The number of rotatable bonds is 7. The molecule has 0 saturated heterocycles. The van der Waals surface area contributed by atoms with Crippen LogP contribution in [0.4, 0.5) is 0 Å². The normalized spacial score (nSPS) is 11.8. The Labute approximate surface area is 187 Å². The highest BCUT2D eigenvalue weighted by Crippen LogP contribution is 2.34. The molecular formula is C22H22BrN3O3S. The predicted molar refractivity (Wildman–Crippen MR) is 125 cm³/mol. The molecule has 1 aromatic heterocycles. The van der Waals surface area contributed by atoms with E-state index < -0.39 is 0 Å². The number of ether oxygens (including phenoxy) is 2. The van der Waals surface area contributed by atoms with Gasteiger partial charge in [-0.2, -0.15) is 5.10 Å². The van der Waals surface area contributed by atoms with Crippen LogP contribution in [0.15, 0.2) is 68.5 Å². The summed E-state index contributed by atoms with van der Waals surface area (Å²) in [6, 6.07) is 11.3. The molecule has 0 saturated carbocycles. The minimum atomic E-state index is 0.0499. The SMILES string of the molecule is C=C(C)CN=c1scc(-c2ccc(OC)cc2)n1N=Cc1cc(Br)c(O)c(OC)c1. The summed E-state index contributed by atoms with van der Waals surface area (Å²) in [7, 11) is 3.15. The highest BCUT2D eigenvalue weighted by molar-refractivity contribution is 9.10. The summed E-state index contributed by atoms with van der Waals surface area (Å²) in [6.45, 7) is 6.39. The van der Waals surface area contributed by atoms with E-state index in [1.807, 2.05) is 36.6 Å². The van der Waals surface area contributed by atoms with Gasteiger partial charge in [-0.05, 0) is 64.8 Å². The number of benzene rings is 2. The van der Waals surface area contributed by atoms with E-state index in [0.717, 1.165) is 32.9 Å². The van der Waals surface area contributed by atoms with Gasteiger partial charge in [-0.15, -0.1) is 11.3 Å². The molecule has 3 aromatic rings. The van der Waals surface area contributed by atoms with Crippen LogP contribution in [0.3, 0.4) is 0 Å². The molecule has 0 aliphatic carbocycles. The standard InChI is InChI=1S/C22H22BrN3O3S/c1-14(2)11-24-22-26(19(13-30-22)16-5-7-17(28-3)8-6-16)25-12-15-9-18(23)21(27)20(10-15)29-4/h5-10,12-13,27H,1,11H2,2-4H3. The van der Waals surface area contributed by atoms with Gasteiger partial charge in [0.15, 0.2) is 11.5 Å². The quantitative estimate of drug-likeness (QED) is 0.374. The number of nitrogens with zero attached hydrogens (tertiary/aromatic N) is 3.